The van der Waals surface area contributed by atoms with Gasteiger partial charge < -0.3 is 10.3 Å². The van der Waals surface area contributed by atoms with E-state index in [2.05, 4.69) is 0 Å². The second-order valence-corrected chi connectivity index (χ2v) is 4.40. The SMILES string of the molecule is Cc1ccc(N)c(=O)n1C1CCCCC1. The Hall–Kier alpha value is -1.25. The number of aromatic nitrogens is 1. The molecule has 3 heteroatoms. The molecule has 2 N–H and O–H groups in total. The van der Waals surface area contributed by atoms with Gasteiger partial charge in [-0.15, -0.1) is 0 Å². The van der Waals surface area contributed by atoms with Crippen molar-refractivity contribution in [2.75, 3.05) is 5.73 Å². The molecule has 0 amide bonds. The highest BCUT2D eigenvalue weighted by molar-refractivity contribution is 5.35. The quantitative estimate of drug-likeness (QED) is 0.766. The largest absolute Gasteiger partial charge is 0.394 e. The fourth-order valence-electron chi connectivity index (χ4n) is 2.45. The number of nitrogens with zero attached hydrogens (tertiary/aromatic N) is 1. The lowest BCUT2D eigenvalue weighted by Gasteiger charge is -2.25. The van der Waals surface area contributed by atoms with Gasteiger partial charge in [-0.3, -0.25) is 4.79 Å². The number of hydrogen-bond acceptors (Lipinski definition) is 2. The van der Waals surface area contributed by atoms with Crippen LogP contribution in [0.15, 0.2) is 16.9 Å². The number of anilines is 1. The molecule has 2 rings (SSSR count). The highest BCUT2D eigenvalue weighted by Crippen LogP contribution is 2.27. The molecule has 15 heavy (non-hydrogen) atoms. The molecule has 0 spiro atoms. The van der Waals surface area contributed by atoms with Crippen molar-refractivity contribution in [3.05, 3.63) is 28.2 Å². The van der Waals surface area contributed by atoms with E-state index in [0.29, 0.717) is 11.7 Å². The summed E-state index contributed by atoms with van der Waals surface area (Å²) in [7, 11) is 0. The van der Waals surface area contributed by atoms with Gasteiger partial charge in [-0.1, -0.05) is 19.3 Å². The Morgan fingerprint density at radius 3 is 2.60 bits per heavy atom. The van der Waals surface area contributed by atoms with Crippen LogP contribution in [-0.2, 0) is 0 Å². The average molecular weight is 206 g/mol. The van der Waals surface area contributed by atoms with Gasteiger partial charge in [0.25, 0.3) is 5.56 Å². The molecule has 0 bridgehead atoms. The number of pyridine rings is 1. The van der Waals surface area contributed by atoms with Crippen molar-refractivity contribution in [1.29, 1.82) is 0 Å². The maximum atomic E-state index is 11.9. The van der Waals surface area contributed by atoms with Crippen LogP contribution in [0.3, 0.4) is 0 Å². The fraction of sp³-hybridized carbons (Fsp3) is 0.583. The minimum absolute atomic E-state index is 0.0121. The van der Waals surface area contributed by atoms with Crippen LogP contribution >= 0.6 is 0 Å². The van der Waals surface area contributed by atoms with Crippen LogP contribution in [0.4, 0.5) is 5.69 Å². The van der Waals surface area contributed by atoms with Gasteiger partial charge in [-0.05, 0) is 31.9 Å². The van der Waals surface area contributed by atoms with E-state index in [9.17, 15) is 4.79 Å². The smallest absolute Gasteiger partial charge is 0.274 e. The molecule has 82 valence electrons. The number of aryl methyl sites for hydroxylation is 1. The molecule has 1 heterocycles. The highest BCUT2D eigenvalue weighted by Gasteiger charge is 2.18. The second-order valence-electron chi connectivity index (χ2n) is 4.40. The van der Waals surface area contributed by atoms with Gasteiger partial charge >= 0.3 is 0 Å². The van der Waals surface area contributed by atoms with Crippen LogP contribution in [0.2, 0.25) is 0 Å². The molecule has 0 radical (unpaired) electrons. The normalized spacial score (nSPS) is 17.9. The highest BCUT2D eigenvalue weighted by atomic mass is 16.1. The van der Waals surface area contributed by atoms with E-state index in [1.807, 2.05) is 17.6 Å². The van der Waals surface area contributed by atoms with Crippen molar-refractivity contribution in [2.45, 2.75) is 45.1 Å². The Labute approximate surface area is 89.9 Å². The molecule has 0 saturated heterocycles. The Bertz CT molecular complexity index is 403. The van der Waals surface area contributed by atoms with E-state index in [1.54, 1.807) is 6.07 Å². The minimum Gasteiger partial charge on any atom is -0.394 e. The van der Waals surface area contributed by atoms with E-state index < -0.39 is 0 Å². The summed E-state index contributed by atoms with van der Waals surface area (Å²) in [6.45, 7) is 1.98. The topological polar surface area (TPSA) is 48.0 Å². The van der Waals surface area contributed by atoms with E-state index in [-0.39, 0.29) is 5.56 Å². The zero-order chi connectivity index (χ0) is 10.8. The van der Waals surface area contributed by atoms with E-state index in [0.717, 1.165) is 18.5 Å². The first-order valence-corrected chi connectivity index (χ1v) is 5.68. The number of nitrogens with two attached hydrogens (primary N) is 1. The maximum absolute atomic E-state index is 11.9. The average Bonchev–Trinajstić information content (AvgIpc) is 2.26. The van der Waals surface area contributed by atoms with E-state index in [1.165, 1.54) is 19.3 Å². The molecular formula is C12H18N2O. The molecule has 1 fully saturated rings. The lowest BCUT2D eigenvalue weighted by atomic mass is 9.95. The molecule has 1 saturated carbocycles. The van der Waals surface area contributed by atoms with Gasteiger partial charge in [-0.25, -0.2) is 0 Å². The van der Waals surface area contributed by atoms with Crippen molar-refractivity contribution >= 4 is 5.69 Å². The van der Waals surface area contributed by atoms with Crippen LogP contribution < -0.4 is 11.3 Å². The van der Waals surface area contributed by atoms with Crippen molar-refractivity contribution < 1.29 is 0 Å². The van der Waals surface area contributed by atoms with E-state index >= 15 is 0 Å². The molecular weight excluding hydrogens is 188 g/mol. The van der Waals surface area contributed by atoms with Crippen molar-refractivity contribution in [3.63, 3.8) is 0 Å². The predicted octanol–water partition coefficient (Wildman–Crippen LogP) is 2.24. The summed E-state index contributed by atoms with van der Waals surface area (Å²) in [5, 5.41) is 0. The Morgan fingerprint density at radius 2 is 1.93 bits per heavy atom. The third-order valence-corrected chi connectivity index (χ3v) is 3.29. The first-order valence-electron chi connectivity index (χ1n) is 5.68. The van der Waals surface area contributed by atoms with Crippen LogP contribution in [-0.4, -0.2) is 4.57 Å². The van der Waals surface area contributed by atoms with Crippen LogP contribution in [0, 0.1) is 6.92 Å². The monoisotopic (exact) mass is 206 g/mol. The maximum Gasteiger partial charge on any atom is 0.274 e. The first kappa shape index (κ1) is 10.3. The lowest BCUT2D eigenvalue weighted by Crippen LogP contribution is -2.29. The van der Waals surface area contributed by atoms with Crippen molar-refractivity contribution in [1.82, 2.24) is 4.57 Å². The molecule has 0 aromatic carbocycles. The summed E-state index contributed by atoms with van der Waals surface area (Å²) in [4.78, 5) is 11.9. The summed E-state index contributed by atoms with van der Waals surface area (Å²) in [5.74, 6) is 0. The molecule has 1 aliphatic rings. The molecule has 0 aliphatic heterocycles. The molecule has 1 aliphatic carbocycles. The summed E-state index contributed by atoms with van der Waals surface area (Å²) in [6, 6.07) is 4.01. The summed E-state index contributed by atoms with van der Waals surface area (Å²) in [5.41, 5.74) is 7.05. The Morgan fingerprint density at radius 1 is 1.27 bits per heavy atom. The van der Waals surface area contributed by atoms with Gasteiger partial charge in [0.05, 0.1) is 5.69 Å². The third-order valence-electron chi connectivity index (χ3n) is 3.29. The molecule has 1 aromatic heterocycles. The van der Waals surface area contributed by atoms with Crippen LogP contribution in [0.5, 0.6) is 0 Å². The molecule has 3 nitrogen and oxygen atoms in total. The summed E-state index contributed by atoms with van der Waals surface area (Å²) in [6.07, 6.45) is 5.98. The fourth-order valence-corrected chi connectivity index (χ4v) is 2.45. The number of nitrogen functional groups attached to an aromatic ring is 1. The molecule has 0 atom stereocenters. The first-order chi connectivity index (χ1) is 7.20. The Kier molecular flexibility index (Phi) is 2.80. The number of hydrogen-bond donors (Lipinski definition) is 1. The zero-order valence-electron chi connectivity index (χ0n) is 9.20. The van der Waals surface area contributed by atoms with Crippen LogP contribution in [0.1, 0.15) is 43.8 Å². The standard InChI is InChI=1S/C12H18N2O/c1-9-7-8-11(13)12(15)14(9)10-5-3-2-4-6-10/h7-8,10H,2-6,13H2,1H3. The molecule has 0 unspecified atom stereocenters. The number of rotatable bonds is 1. The van der Waals surface area contributed by atoms with Crippen molar-refractivity contribution in [3.8, 4) is 0 Å². The summed E-state index contributed by atoms with van der Waals surface area (Å²) < 4.78 is 1.88. The van der Waals surface area contributed by atoms with E-state index in [4.69, 9.17) is 5.73 Å². The Balaban J connectivity index is 2.41. The van der Waals surface area contributed by atoms with Gasteiger partial charge in [-0.2, -0.15) is 0 Å². The second kappa shape index (κ2) is 4.09. The summed E-state index contributed by atoms with van der Waals surface area (Å²) >= 11 is 0. The molecule has 1 aromatic rings. The van der Waals surface area contributed by atoms with Gasteiger partial charge in [0, 0.05) is 11.7 Å². The van der Waals surface area contributed by atoms with Gasteiger partial charge in [0.2, 0.25) is 0 Å². The predicted molar refractivity (Wildman–Crippen MR) is 62.0 cm³/mol. The van der Waals surface area contributed by atoms with Gasteiger partial charge in [0.15, 0.2) is 0 Å². The zero-order valence-corrected chi connectivity index (χ0v) is 9.20. The van der Waals surface area contributed by atoms with Gasteiger partial charge in [0.1, 0.15) is 0 Å². The lowest BCUT2D eigenvalue weighted by molar-refractivity contribution is 0.342. The minimum atomic E-state index is -0.0121. The third kappa shape index (κ3) is 1.91. The van der Waals surface area contributed by atoms with Crippen molar-refractivity contribution in [2.24, 2.45) is 0 Å². The van der Waals surface area contributed by atoms with Crippen LogP contribution in [0.25, 0.3) is 0 Å².